The van der Waals surface area contributed by atoms with Crippen LogP contribution in [0.25, 0.3) is 10.1 Å². The van der Waals surface area contributed by atoms with Gasteiger partial charge in [-0.3, -0.25) is 14.4 Å². The maximum Gasteiger partial charge on any atom is 0.313 e. The average Bonchev–Trinajstić information content (AvgIpc) is 3.95. The van der Waals surface area contributed by atoms with E-state index in [9.17, 15) is 15.0 Å². The number of esters is 1. The Bertz CT molecular complexity index is 2050. The van der Waals surface area contributed by atoms with Crippen LogP contribution in [0.5, 0.6) is 0 Å². The second-order valence-electron chi connectivity index (χ2n) is 20.3. The van der Waals surface area contributed by atoms with Gasteiger partial charge in [0.2, 0.25) is 0 Å². The zero-order chi connectivity index (χ0) is 38.6. The van der Waals surface area contributed by atoms with Crippen LogP contribution in [-0.4, -0.2) is 75.9 Å². The number of hydrogen-bond donors (Lipinski definition) is 2. The van der Waals surface area contributed by atoms with E-state index < -0.39 is 44.4 Å². The molecule has 1 aromatic heterocycles. The summed E-state index contributed by atoms with van der Waals surface area (Å²) in [6.45, 7) is 11.7. The summed E-state index contributed by atoms with van der Waals surface area (Å²) in [6.07, 6.45) is 14.4. The highest BCUT2D eigenvalue weighted by Gasteiger charge is 2.78. The fourth-order valence-electron chi connectivity index (χ4n) is 14.4. The van der Waals surface area contributed by atoms with Crippen LogP contribution in [0.3, 0.4) is 0 Å². The first-order valence-electron chi connectivity index (χ1n) is 21.0. The van der Waals surface area contributed by atoms with E-state index in [1.54, 1.807) is 11.3 Å². The molecule has 2 spiro atoms. The van der Waals surface area contributed by atoms with Gasteiger partial charge in [0, 0.05) is 45.1 Å². The number of carbonyl (C=O) groups is 3. The van der Waals surface area contributed by atoms with Crippen LogP contribution in [0, 0.1) is 44.3 Å². The Kier molecular flexibility index (Phi) is 7.57. The van der Waals surface area contributed by atoms with Crippen LogP contribution >= 0.6 is 11.3 Å². The van der Waals surface area contributed by atoms with Crippen molar-refractivity contribution in [2.24, 2.45) is 44.3 Å². The van der Waals surface area contributed by atoms with Crippen molar-refractivity contribution in [1.82, 2.24) is 4.90 Å². The molecule has 7 aliphatic carbocycles. The number of fused-ring (bicyclic) bond motifs is 4. The lowest BCUT2D eigenvalue weighted by atomic mass is 9.32. The molecule has 9 aliphatic rings. The molecule has 8 nitrogen and oxygen atoms in total. The normalized spacial score (nSPS) is 45.9. The molecular formula is C46H57NO7S. The molecule has 11 atom stereocenters. The van der Waals surface area contributed by atoms with Crippen LogP contribution in [0.1, 0.15) is 115 Å². The monoisotopic (exact) mass is 767 g/mol. The van der Waals surface area contributed by atoms with Gasteiger partial charge in [-0.25, -0.2) is 0 Å². The summed E-state index contributed by atoms with van der Waals surface area (Å²) in [6, 6.07) is 10.2. The Balaban J connectivity index is 1.06. The highest BCUT2D eigenvalue weighted by Crippen LogP contribution is 2.78. The molecule has 4 bridgehead atoms. The number of allylic oxidation sites excluding steroid dienone is 4. The number of hydrogen-bond acceptors (Lipinski definition) is 8. The van der Waals surface area contributed by atoms with Crippen molar-refractivity contribution in [3.8, 4) is 0 Å². The van der Waals surface area contributed by atoms with Crippen molar-refractivity contribution in [3.05, 3.63) is 59.0 Å². The highest BCUT2D eigenvalue weighted by molar-refractivity contribution is 7.21. The molecule has 55 heavy (non-hydrogen) atoms. The third-order valence-electron chi connectivity index (χ3n) is 18.2. The maximum atomic E-state index is 15.2. The lowest BCUT2D eigenvalue weighted by molar-refractivity contribution is -0.188. The van der Waals surface area contributed by atoms with Crippen LogP contribution < -0.4 is 0 Å². The highest BCUT2D eigenvalue weighted by atomic mass is 32.1. The summed E-state index contributed by atoms with van der Waals surface area (Å²) in [4.78, 5) is 46.3. The Labute approximate surface area is 328 Å². The summed E-state index contributed by atoms with van der Waals surface area (Å²) in [5, 5.41) is 25.6. The number of aliphatic hydroxyl groups is 2. The second-order valence-corrected chi connectivity index (χ2v) is 21.4. The minimum atomic E-state index is -1.28. The summed E-state index contributed by atoms with van der Waals surface area (Å²) in [5.74, 6) is -0.305. The van der Waals surface area contributed by atoms with E-state index in [0.29, 0.717) is 38.8 Å². The fraction of sp³-hybridized carbons (Fsp3) is 0.674. The SMILES string of the molecule is CC1(C)[C@@]2(C)CC[C@]1(C(=O)N(C[C@H]1CCCO1)C[C@]1(O)CC[C@H]3[C@]45C=C[C@@]6(C=C4C(=O)c4cc7ccccc7s4)CC(O)CC[C@]6(C)[C@H]5CC[C@@]31C)OC2=O. The first kappa shape index (κ1) is 36.5. The lowest BCUT2D eigenvalue weighted by Crippen LogP contribution is -2.68. The number of rotatable bonds is 7. The predicted octanol–water partition coefficient (Wildman–Crippen LogP) is 7.80. The molecule has 294 valence electrons. The summed E-state index contributed by atoms with van der Waals surface area (Å²) >= 11 is 1.55. The average molecular weight is 768 g/mol. The van der Waals surface area contributed by atoms with Crippen molar-refractivity contribution >= 4 is 39.1 Å². The molecule has 1 aromatic carbocycles. The summed E-state index contributed by atoms with van der Waals surface area (Å²) in [7, 11) is 0. The van der Waals surface area contributed by atoms with Gasteiger partial charge in [0.15, 0.2) is 11.4 Å². The van der Waals surface area contributed by atoms with Gasteiger partial charge in [-0.2, -0.15) is 0 Å². The van der Waals surface area contributed by atoms with E-state index >= 15 is 9.59 Å². The minimum Gasteiger partial charge on any atom is -0.448 e. The smallest absolute Gasteiger partial charge is 0.313 e. The van der Waals surface area contributed by atoms with Gasteiger partial charge in [0.1, 0.15) is 0 Å². The maximum absolute atomic E-state index is 15.2. The number of benzene rings is 1. The number of aliphatic hydroxyl groups excluding tert-OH is 1. The number of thiophene rings is 1. The third-order valence-corrected chi connectivity index (χ3v) is 19.3. The predicted molar refractivity (Wildman–Crippen MR) is 210 cm³/mol. The van der Waals surface area contributed by atoms with Crippen molar-refractivity contribution in [3.63, 3.8) is 0 Å². The van der Waals surface area contributed by atoms with Crippen LogP contribution in [-0.2, 0) is 19.1 Å². The van der Waals surface area contributed by atoms with Crippen molar-refractivity contribution in [2.75, 3.05) is 19.7 Å². The number of ether oxygens (including phenoxy) is 2. The molecule has 1 amide bonds. The largest absolute Gasteiger partial charge is 0.448 e. The zero-order valence-corrected chi connectivity index (χ0v) is 33.9. The molecule has 4 saturated carbocycles. The van der Waals surface area contributed by atoms with Gasteiger partial charge in [-0.1, -0.05) is 64.1 Å². The first-order chi connectivity index (χ1) is 26.0. The Morgan fingerprint density at radius 2 is 1.67 bits per heavy atom. The van der Waals surface area contributed by atoms with Crippen LogP contribution in [0.4, 0.5) is 0 Å². The van der Waals surface area contributed by atoms with Gasteiger partial charge in [0.25, 0.3) is 5.91 Å². The Morgan fingerprint density at radius 1 is 0.927 bits per heavy atom. The van der Waals surface area contributed by atoms with Gasteiger partial charge in [0.05, 0.1) is 34.6 Å². The molecule has 2 aliphatic heterocycles. The summed E-state index contributed by atoms with van der Waals surface area (Å²) in [5.41, 5.74) is -4.89. The third kappa shape index (κ3) is 4.32. The number of Topliss-reactive ketones (excluding diaryl/α,β-unsaturated/α-hetero) is 1. The standard InChI is InChI=1S/C46H57NO7S/c1-39(2)42(5)18-21-46(39,54-38(42)51)37(50)47(26-30-10-8-22-53-30)27-44(52)17-14-35-41(44,4)16-13-34-40(3)15-12-29(48)24-43(40)19-20-45(34,35)31(25-43)36(49)33-23-28-9-6-7-11-32(28)55-33/h6-7,9,11,19-20,23,25,29-30,34-35,48,52H,8,10,12-18,21-22,24,26-27H2,1-5H3/t29?,30-,34-,35-,40-,41+,42+,43+,44-,45-,46-/m1/s1. The van der Waals surface area contributed by atoms with E-state index in [4.69, 9.17) is 9.47 Å². The molecule has 11 rings (SSSR count). The number of amides is 1. The molecule has 3 heterocycles. The molecule has 1 unspecified atom stereocenters. The van der Waals surface area contributed by atoms with Gasteiger partial charge < -0.3 is 24.6 Å². The van der Waals surface area contributed by atoms with Gasteiger partial charge in [-0.15, -0.1) is 11.3 Å². The van der Waals surface area contributed by atoms with E-state index in [0.717, 1.165) is 65.5 Å². The molecule has 6 fully saturated rings. The van der Waals surface area contributed by atoms with Gasteiger partial charge in [-0.05, 0) is 112 Å². The summed E-state index contributed by atoms with van der Waals surface area (Å²) < 4.78 is 13.4. The van der Waals surface area contributed by atoms with E-state index in [2.05, 4.69) is 44.2 Å². The fourth-order valence-corrected chi connectivity index (χ4v) is 15.4. The second kappa shape index (κ2) is 11.4. The number of carbonyl (C=O) groups excluding carboxylic acids is 3. The molecule has 9 heteroatoms. The molecule has 2 saturated heterocycles. The topological polar surface area (TPSA) is 113 Å². The molecule has 0 radical (unpaired) electrons. The minimum absolute atomic E-state index is 0.0417. The van der Waals surface area contributed by atoms with E-state index in [-0.39, 0.29) is 47.6 Å². The number of nitrogens with zero attached hydrogens (tertiary/aromatic N) is 1. The van der Waals surface area contributed by atoms with Crippen LogP contribution in [0.15, 0.2) is 54.1 Å². The molecule has 2 aromatic rings. The Hall–Kier alpha value is -2.85. The van der Waals surface area contributed by atoms with Crippen LogP contribution in [0.2, 0.25) is 0 Å². The first-order valence-corrected chi connectivity index (χ1v) is 21.8. The lowest BCUT2D eigenvalue weighted by Gasteiger charge is -2.71. The Morgan fingerprint density at radius 3 is 2.38 bits per heavy atom. The molecular weight excluding hydrogens is 711 g/mol. The van der Waals surface area contributed by atoms with Crippen molar-refractivity contribution < 1.29 is 34.1 Å². The van der Waals surface area contributed by atoms with Crippen molar-refractivity contribution in [2.45, 2.75) is 129 Å². The van der Waals surface area contributed by atoms with E-state index in [1.807, 2.05) is 43.9 Å². The zero-order valence-electron chi connectivity index (χ0n) is 33.1. The van der Waals surface area contributed by atoms with E-state index in [1.165, 1.54) is 0 Å². The quantitative estimate of drug-likeness (QED) is 0.168. The van der Waals surface area contributed by atoms with Gasteiger partial charge >= 0.3 is 5.97 Å². The number of ketones is 1. The molecule has 2 N–H and O–H groups in total. The van der Waals surface area contributed by atoms with Crippen molar-refractivity contribution in [1.29, 1.82) is 0 Å².